The Kier molecular flexibility index (Phi) is 8.06. The summed E-state index contributed by atoms with van der Waals surface area (Å²) in [5, 5.41) is 0. The number of benzene rings is 1. The second-order valence-corrected chi connectivity index (χ2v) is 6.51. The molecule has 0 bridgehead atoms. The van der Waals surface area contributed by atoms with Crippen molar-refractivity contribution in [2.75, 3.05) is 6.61 Å². The summed E-state index contributed by atoms with van der Waals surface area (Å²) in [7, 11) is 0. The van der Waals surface area contributed by atoms with E-state index in [0.29, 0.717) is 36.3 Å². The van der Waals surface area contributed by atoms with Gasteiger partial charge in [-0.25, -0.2) is 9.97 Å². The Balaban J connectivity index is 1.90. The second-order valence-electron chi connectivity index (χ2n) is 6.51. The fourth-order valence-corrected chi connectivity index (χ4v) is 2.36. The molecule has 0 fully saturated rings. The van der Waals surface area contributed by atoms with E-state index in [-0.39, 0.29) is 5.97 Å². The molecule has 0 aliphatic heterocycles. The number of aromatic nitrogens is 2. The Morgan fingerprint density at radius 1 is 1.04 bits per heavy atom. The minimum absolute atomic E-state index is 0.201. The highest BCUT2D eigenvalue weighted by molar-refractivity contribution is 5.72. The first-order chi connectivity index (χ1) is 12.6. The average molecular weight is 356 g/mol. The van der Waals surface area contributed by atoms with Crippen molar-refractivity contribution >= 4 is 5.97 Å². The van der Waals surface area contributed by atoms with Gasteiger partial charge < -0.3 is 9.47 Å². The summed E-state index contributed by atoms with van der Waals surface area (Å²) in [6.45, 7) is 6.95. The third-order valence-electron chi connectivity index (χ3n) is 4.20. The number of carbonyl (C=O) groups is 1. The van der Waals surface area contributed by atoms with Gasteiger partial charge in [0.25, 0.3) is 0 Å². The van der Waals surface area contributed by atoms with Crippen molar-refractivity contribution in [1.29, 1.82) is 0 Å². The van der Waals surface area contributed by atoms with Crippen LogP contribution in [0.1, 0.15) is 52.9 Å². The van der Waals surface area contributed by atoms with E-state index < -0.39 is 0 Å². The molecular formula is C21H28N2O3. The van der Waals surface area contributed by atoms with E-state index in [1.807, 2.05) is 19.1 Å². The molecule has 0 radical (unpaired) electrons. The van der Waals surface area contributed by atoms with Crippen LogP contribution in [0.15, 0.2) is 36.7 Å². The molecule has 1 aromatic carbocycles. The standard InChI is InChI=1S/C21H28N2O3/c1-4-6-7-12-25-19-14-22-21(23-15-19)17-8-10-18(11-9-17)26-20(24)13-16(3)5-2/h8-11,14-16H,4-7,12-13H2,1-3H3. The summed E-state index contributed by atoms with van der Waals surface area (Å²) in [4.78, 5) is 20.5. The third-order valence-corrected chi connectivity index (χ3v) is 4.20. The monoisotopic (exact) mass is 356 g/mol. The van der Waals surface area contributed by atoms with Crippen LogP contribution in [0.4, 0.5) is 0 Å². The van der Waals surface area contributed by atoms with Gasteiger partial charge in [0, 0.05) is 12.0 Å². The highest BCUT2D eigenvalue weighted by Gasteiger charge is 2.10. The lowest BCUT2D eigenvalue weighted by atomic mass is 10.1. The molecular weight excluding hydrogens is 328 g/mol. The smallest absolute Gasteiger partial charge is 0.311 e. The number of ether oxygens (including phenoxy) is 2. The fraction of sp³-hybridized carbons (Fsp3) is 0.476. The number of unbranched alkanes of at least 4 members (excludes halogenated alkanes) is 2. The van der Waals surface area contributed by atoms with E-state index >= 15 is 0 Å². The number of carbonyl (C=O) groups excluding carboxylic acids is 1. The van der Waals surface area contributed by atoms with Gasteiger partial charge in [-0.15, -0.1) is 0 Å². The lowest BCUT2D eigenvalue weighted by Crippen LogP contribution is -2.11. The van der Waals surface area contributed by atoms with Crippen molar-refractivity contribution < 1.29 is 14.3 Å². The third kappa shape index (κ3) is 6.47. The summed E-state index contributed by atoms with van der Waals surface area (Å²) in [6, 6.07) is 7.23. The zero-order valence-corrected chi connectivity index (χ0v) is 15.9. The Morgan fingerprint density at radius 3 is 2.35 bits per heavy atom. The largest absolute Gasteiger partial charge is 0.490 e. The van der Waals surface area contributed by atoms with E-state index in [0.717, 1.165) is 24.8 Å². The van der Waals surface area contributed by atoms with E-state index in [1.54, 1.807) is 24.5 Å². The summed E-state index contributed by atoms with van der Waals surface area (Å²) < 4.78 is 11.0. The first kappa shape index (κ1) is 19.9. The van der Waals surface area contributed by atoms with E-state index in [9.17, 15) is 4.79 Å². The number of hydrogen-bond donors (Lipinski definition) is 0. The summed E-state index contributed by atoms with van der Waals surface area (Å²) in [6.07, 6.45) is 8.14. The molecule has 1 unspecified atom stereocenters. The summed E-state index contributed by atoms with van der Waals surface area (Å²) in [5.74, 6) is 1.97. The zero-order valence-electron chi connectivity index (χ0n) is 15.9. The van der Waals surface area contributed by atoms with Crippen LogP contribution in [0.5, 0.6) is 11.5 Å². The maximum atomic E-state index is 11.8. The molecule has 0 aliphatic carbocycles. The maximum Gasteiger partial charge on any atom is 0.311 e. The van der Waals surface area contributed by atoms with Gasteiger partial charge in [0.15, 0.2) is 11.6 Å². The van der Waals surface area contributed by atoms with Crippen molar-refractivity contribution in [1.82, 2.24) is 9.97 Å². The van der Waals surface area contributed by atoms with Crippen LogP contribution in [0.3, 0.4) is 0 Å². The van der Waals surface area contributed by atoms with Gasteiger partial charge >= 0.3 is 5.97 Å². The average Bonchev–Trinajstić information content (AvgIpc) is 2.66. The molecule has 0 amide bonds. The topological polar surface area (TPSA) is 61.3 Å². The van der Waals surface area contributed by atoms with Crippen molar-refractivity contribution in [3.05, 3.63) is 36.7 Å². The predicted molar refractivity (Wildman–Crippen MR) is 102 cm³/mol. The normalized spacial score (nSPS) is 11.8. The lowest BCUT2D eigenvalue weighted by Gasteiger charge is -2.09. The molecule has 0 N–H and O–H groups in total. The van der Waals surface area contributed by atoms with Crippen LogP contribution in [-0.2, 0) is 4.79 Å². The Labute approximate surface area is 155 Å². The first-order valence-electron chi connectivity index (χ1n) is 9.38. The van der Waals surface area contributed by atoms with Crippen LogP contribution in [-0.4, -0.2) is 22.5 Å². The van der Waals surface area contributed by atoms with Crippen LogP contribution >= 0.6 is 0 Å². The number of esters is 1. The number of rotatable bonds is 10. The molecule has 0 saturated carbocycles. The summed E-state index contributed by atoms with van der Waals surface area (Å²) in [5.41, 5.74) is 0.865. The predicted octanol–water partition coefficient (Wildman–Crippen LogP) is 5.05. The van der Waals surface area contributed by atoms with Crippen LogP contribution < -0.4 is 9.47 Å². The molecule has 0 saturated heterocycles. The van der Waals surface area contributed by atoms with Gasteiger partial charge in [0.05, 0.1) is 19.0 Å². The van der Waals surface area contributed by atoms with Crippen molar-refractivity contribution in [2.45, 2.75) is 52.9 Å². The van der Waals surface area contributed by atoms with Crippen molar-refractivity contribution in [3.63, 3.8) is 0 Å². The molecule has 2 rings (SSSR count). The highest BCUT2D eigenvalue weighted by atomic mass is 16.5. The molecule has 2 aromatic rings. The Morgan fingerprint density at radius 2 is 1.73 bits per heavy atom. The molecule has 0 aliphatic rings. The van der Waals surface area contributed by atoms with Crippen molar-refractivity contribution in [3.8, 4) is 22.9 Å². The molecule has 26 heavy (non-hydrogen) atoms. The molecule has 1 atom stereocenters. The SMILES string of the molecule is CCCCCOc1cnc(-c2ccc(OC(=O)CC(C)CC)cc2)nc1. The molecule has 5 heteroatoms. The van der Waals surface area contributed by atoms with Crippen LogP contribution in [0, 0.1) is 5.92 Å². The molecule has 0 spiro atoms. The van der Waals surface area contributed by atoms with Gasteiger partial charge in [-0.3, -0.25) is 4.79 Å². The van der Waals surface area contributed by atoms with Gasteiger partial charge in [-0.2, -0.15) is 0 Å². The van der Waals surface area contributed by atoms with E-state index in [4.69, 9.17) is 9.47 Å². The molecule has 1 heterocycles. The van der Waals surface area contributed by atoms with Gasteiger partial charge in [-0.05, 0) is 36.6 Å². The quantitative estimate of drug-likeness (QED) is 0.338. The second kappa shape index (κ2) is 10.5. The summed E-state index contributed by atoms with van der Waals surface area (Å²) >= 11 is 0. The van der Waals surface area contributed by atoms with E-state index in [1.165, 1.54) is 6.42 Å². The van der Waals surface area contributed by atoms with Gasteiger partial charge in [0.2, 0.25) is 0 Å². The fourth-order valence-electron chi connectivity index (χ4n) is 2.36. The number of nitrogens with zero attached hydrogens (tertiary/aromatic N) is 2. The van der Waals surface area contributed by atoms with Crippen molar-refractivity contribution in [2.24, 2.45) is 5.92 Å². The molecule has 1 aromatic heterocycles. The molecule has 5 nitrogen and oxygen atoms in total. The zero-order chi connectivity index (χ0) is 18.8. The minimum atomic E-state index is -0.201. The van der Waals surface area contributed by atoms with Crippen LogP contribution in [0.25, 0.3) is 11.4 Å². The Hall–Kier alpha value is -2.43. The lowest BCUT2D eigenvalue weighted by molar-refractivity contribution is -0.135. The molecule has 140 valence electrons. The Bertz CT molecular complexity index is 669. The van der Waals surface area contributed by atoms with Gasteiger partial charge in [0.1, 0.15) is 5.75 Å². The van der Waals surface area contributed by atoms with E-state index in [2.05, 4.69) is 23.8 Å². The minimum Gasteiger partial charge on any atom is -0.490 e. The highest BCUT2D eigenvalue weighted by Crippen LogP contribution is 2.21. The van der Waals surface area contributed by atoms with Crippen LogP contribution in [0.2, 0.25) is 0 Å². The maximum absolute atomic E-state index is 11.8. The first-order valence-corrected chi connectivity index (χ1v) is 9.38. The van der Waals surface area contributed by atoms with Gasteiger partial charge in [-0.1, -0.05) is 40.0 Å². The number of hydrogen-bond acceptors (Lipinski definition) is 5.